The van der Waals surface area contributed by atoms with Crippen molar-refractivity contribution in [2.45, 2.75) is 0 Å². The highest BCUT2D eigenvalue weighted by Crippen LogP contribution is 2.31. The number of hydrogen-bond acceptors (Lipinski definition) is 5. The predicted molar refractivity (Wildman–Crippen MR) is 111 cm³/mol. The molecule has 7 nitrogen and oxygen atoms in total. The summed E-state index contributed by atoms with van der Waals surface area (Å²) in [6.07, 6.45) is 1.64. The maximum absolute atomic E-state index is 13.5. The Balaban J connectivity index is 1.45. The van der Waals surface area contributed by atoms with Gasteiger partial charge in [0.05, 0.1) is 17.0 Å². The highest BCUT2D eigenvalue weighted by molar-refractivity contribution is 8.18. The highest BCUT2D eigenvalue weighted by atomic mass is 32.2. The van der Waals surface area contributed by atoms with Crippen LogP contribution in [-0.4, -0.2) is 47.5 Å². The molecule has 0 saturated carbocycles. The van der Waals surface area contributed by atoms with E-state index < -0.39 is 28.8 Å². The average Bonchev–Trinajstić information content (AvgIpc) is 3.00. The summed E-state index contributed by atoms with van der Waals surface area (Å²) >= 11 is 0.842. The molecule has 0 atom stereocenters. The second-order valence-electron chi connectivity index (χ2n) is 6.26. The number of nitrogens with zero attached hydrogens (tertiary/aromatic N) is 1. The second-order valence-corrected chi connectivity index (χ2v) is 7.25. The zero-order valence-electron chi connectivity index (χ0n) is 15.8. The van der Waals surface area contributed by atoms with E-state index in [0.717, 1.165) is 28.3 Å². The van der Waals surface area contributed by atoms with E-state index in [2.05, 4.69) is 10.6 Å². The average molecular weight is 427 g/mol. The minimum atomic E-state index is -0.708. The molecule has 2 N–H and O–H groups in total. The molecule has 1 aliphatic rings. The van der Waals surface area contributed by atoms with E-state index >= 15 is 0 Å². The van der Waals surface area contributed by atoms with Crippen molar-refractivity contribution in [3.05, 3.63) is 76.4 Å². The summed E-state index contributed by atoms with van der Waals surface area (Å²) in [6.45, 7) is -0.322. The normalized spacial score (nSPS) is 14.8. The van der Waals surface area contributed by atoms with Crippen LogP contribution in [0.5, 0.6) is 0 Å². The van der Waals surface area contributed by atoms with Crippen molar-refractivity contribution in [2.75, 3.05) is 19.6 Å². The van der Waals surface area contributed by atoms with E-state index in [0.29, 0.717) is 4.91 Å². The molecule has 1 fully saturated rings. The van der Waals surface area contributed by atoms with Gasteiger partial charge in [0, 0.05) is 13.1 Å². The molecule has 0 unspecified atom stereocenters. The van der Waals surface area contributed by atoms with Crippen LogP contribution in [0.2, 0.25) is 0 Å². The fourth-order valence-corrected chi connectivity index (χ4v) is 3.53. The monoisotopic (exact) mass is 427 g/mol. The van der Waals surface area contributed by atoms with Crippen LogP contribution >= 0.6 is 11.8 Å². The molecule has 1 heterocycles. The molecule has 30 heavy (non-hydrogen) atoms. The summed E-state index contributed by atoms with van der Waals surface area (Å²) in [7, 11) is 0. The molecule has 154 valence electrons. The third-order valence-corrected chi connectivity index (χ3v) is 5.06. The maximum Gasteiger partial charge on any atom is 0.293 e. The van der Waals surface area contributed by atoms with Crippen LogP contribution in [0.1, 0.15) is 15.9 Å². The first-order chi connectivity index (χ1) is 14.5. The van der Waals surface area contributed by atoms with Crippen LogP contribution < -0.4 is 10.6 Å². The van der Waals surface area contributed by atoms with Gasteiger partial charge in [0.15, 0.2) is 0 Å². The summed E-state index contributed by atoms with van der Waals surface area (Å²) in [5.74, 6) is -2.33. The number of thioether (sulfide) groups is 1. The van der Waals surface area contributed by atoms with Crippen LogP contribution in [0.25, 0.3) is 6.08 Å². The third kappa shape index (κ3) is 5.32. The Bertz CT molecular complexity index is 1010. The van der Waals surface area contributed by atoms with E-state index in [1.165, 1.54) is 18.2 Å². The van der Waals surface area contributed by atoms with Crippen molar-refractivity contribution in [2.24, 2.45) is 0 Å². The fourth-order valence-electron chi connectivity index (χ4n) is 2.66. The largest absolute Gasteiger partial charge is 0.353 e. The molecule has 9 heteroatoms. The van der Waals surface area contributed by atoms with Crippen molar-refractivity contribution in [1.29, 1.82) is 0 Å². The molecule has 3 rings (SSSR count). The smallest absolute Gasteiger partial charge is 0.293 e. The molecule has 2 aromatic rings. The van der Waals surface area contributed by atoms with Crippen LogP contribution in [0.3, 0.4) is 0 Å². The molecule has 1 saturated heterocycles. The molecule has 0 aromatic heterocycles. The standard InChI is InChI=1S/C21H18FN3O4S/c22-16-9-5-4-8-15(16)19(27)24-13-18(26)23-10-11-25-20(28)17(30-21(25)29)12-14-6-2-1-3-7-14/h1-9,12H,10-11,13H2,(H,23,26)(H,24,27). The van der Waals surface area contributed by atoms with Gasteiger partial charge in [-0.1, -0.05) is 42.5 Å². The van der Waals surface area contributed by atoms with Crippen molar-refractivity contribution < 1.29 is 23.6 Å². The number of carbonyl (C=O) groups excluding carboxylic acids is 4. The molecule has 0 bridgehead atoms. The lowest BCUT2D eigenvalue weighted by molar-refractivity contribution is -0.124. The van der Waals surface area contributed by atoms with E-state index in [4.69, 9.17) is 0 Å². The minimum Gasteiger partial charge on any atom is -0.353 e. The molecule has 0 aliphatic carbocycles. The molecule has 4 amide bonds. The summed E-state index contributed by atoms with van der Waals surface area (Å²) in [5, 5.41) is 4.42. The zero-order chi connectivity index (χ0) is 21.5. The van der Waals surface area contributed by atoms with Gasteiger partial charge in [0.2, 0.25) is 5.91 Å². The van der Waals surface area contributed by atoms with Gasteiger partial charge in [-0.25, -0.2) is 4.39 Å². The van der Waals surface area contributed by atoms with E-state index in [-0.39, 0.29) is 25.2 Å². The summed E-state index contributed by atoms with van der Waals surface area (Å²) in [4.78, 5) is 49.6. The maximum atomic E-state index is 13.5. The first-order valence-corrected chi connectivity index (χ1v) is 9.87. The summed E-state index contributed by atoms with van der Waals surface area (Å²) in [6, 6.07) is 14.6. The van der Waals surface area contributed by atoms with Crippen LogP contribution in [0.15, 0.2) is 59.5 Å². The Morgan fingerprint density at radius 1 is 1.00 bits per heavy atom. The number of amides is 4. The number of carbonyl (C=O) groups is 4. The van der Waals surface area contributed by atoms with E-state index in [9.17, 15) is 23.6 Å². The summed E-state index contributed by atoms with van der Waals surface area (Å²) < 4.78 is 13.5. The second kappa shape index (κ2) is 9.84. The molecule has 0 spiro atoms. The van der Waals surface area contributed by atoms with Crippen molar-refractivity contribution in [3.63, 3.8) is 0 Å². The van der Waals surface area contributed by atoms with Gasteiger partial charge in [0.1, 0.15) is 5.82 Å². The van der Waals surface area contributed by atoms with Crippen molar-refractivity contribution >= 4 is 40.8 Å². The van der Waals surface area contributed by atoms with Gasteiger partial charge in [-0.05, 0) is 35.5 Å². The Hall–Kier alpha value is -3.46. The van der Waals surface area contributed by atoms with Gasteiger partial charge in [0.25, 0.3) is 17.1 Å². The Labute approximate surface area is 176 Å². The van der Waals surface area contributed by atoms with Gasteiger partial charge in [-0.3, -0.25) is 24.1 Å². The third-order valence-electron chi connectivity index (χ3n) is 4.16. The Morgan fingerprint density at radius 2 is 1.70 bits per heavy atom. The topological polar surface area (TPSA) is 95.6 Å². The number of benzene rings is 2. The first kappa shape index (κ1) is 21.3. The molecular formula is C21H18FN3O4S. The number of rotatable bonds is 7. The number of hydrogen-bond donors (Lipinski definition) is 2. The van der Waals surface area contributed by atoms with Gasteiger partial charge < -0.3 is 10.6 Å². The Morgan fingerprint density at radius 3 is 2.43 bits per heavy atom. The van der Waals surface area contributed by atoms with Gasteiger partial charge >= 0.3 is 0 Å². The van der Waals surface area contributed by atoms with Crippen molar-refractivity contribution in [3.8, 4) is 0 Å². The van der Waals surface area contributed by atoms with Gasteiger partial charge in [-0.15, -0.1) is 0 Å². The van der Waals surface area contributed by atoms with E-state index in [1.54, 1.807) is 6.08 Å². The van der Waals surface area contributed by atoms with Crippen LogP contribution in [0.4, 0.5) is 9.18 Å². The zero-order valence-corrected chi connectivity index (χ0v) is 16.6. The number of imide groups is 1. The highest BCUT2D eigenvalue weighted by Gasteiger charge is 2.34. The fraction of sp³-hybridized carbons (Fsp3) is 0.143. The number of halogens is 1. The van der Waals surface area contributed by atoms with Gasteiger partial charge in [-0.2, -0.15) is 0 Å². The molecular weight excluding hydrogens is 409 g/mol. The lowest BCUT2D eigenvalue weighted by Crippen LogP contribution is -2.41. The summed E-state index contributed by atoms with van der Waals surface area (Å²) in [5.41, 5.74) is 0.648. The predicted octanol–water partition coefficient (Wildman–Crippen LogP) is 2.41. The molecule has 0 radical (unpaired) electrons. The lowest BCUT2D eigenvalue weighted by atomic mass is 10.2. The first-order valence-electron chi connectivity index (χ1n) is 9.05. The Kier molecular flexibility index (Phi) is 6.97. The van der Waals surface area contributed by atoms with Crippen LogP contribution in [0, 0.1) is 5.82 Å². The minimum absolute atomic E-state index is 0.00377. The van der Waals surface area contributed by atoms with Crippen LogP contribution in [-0.2, 0) is 9.59 Å². The van der Waals surface area contributed by atoms with Crippen molar-refractivity contribution in [1.82, 2.24) is 15.5 Å². The quantitative estimate of drug-likeness (QED) is 0.662. The molecule has 1 aliphatic heterocycles. The van der Waals surface area contributed by atoms with E-state index in [1.807, 2.05) is 30.3 Å². The lowest BCUT2D eigenvalue weighted by Gasteiger charge is -2.13. The molecule has 2 aromatic carbocycles. The number of nitrogens with one attached hydrogen (secondary N) is 2. The SMILES string of the molecule is O=C(CNC(=O)c1ccccc1F)NCCN1C(=O)SC(=Cc2ccccc2)C1=O.